The van der Waals surface area contributed by atoms with E-state index >= 15 is 0 Å². The fourth-order valence-corrected chi connectivity index (χ4v) is 0. The molecule has 0 aromatic heterocycles. The predicted octanol–water partition coefficient (Wildman–Crippen LogP) is -0.151. The first kappa shape index (κ1) is 11.0. The number of aliphatic hydroxyl groups excluding tert-OH is 1. The molecule has 0 aromatic rings. The van der Waals surface area contributed by atoms with Crippen LogP contribution in [0.5, 0.6) is 0 Å². The molecule has 0 amide bonds. The van der Waals surface area contributed by atoms with Crippen molar-refractivity contribution in [2.24, 2.45) is 5.73 Å². The Morgan fingerprint density at radius 2 is 1.62 bits per heavy atom. The normalized spacial score (nSPS) is 9.75. The Hall–Kier alpha value is 0.170. The number of hydrogen-bond donors (Lipinski definition) is 3. The largest absolute Gasteiger partial charge is 0.394 e. The van der Waals surface area contributed by atoms with Crippen LogP contribution >= 0.6 is 11.9 Å². The molecule has 0 saturated carbocycles. The monoisotopic (exact) mass is 141 g/mol. The van der Waals surface area contributed by atoms with Crippen LogP contribution in [0.1, 0.15) is 13.8 Å². The van der Waals surface area contributed by atoms with Gasteiger partial charge < -0.3 is 10.8 Å². The highest BCUT2D eigenvalue weighted by molar-refractivity contribution is 6.04. The summed E-state index contributed by atoms with van der Waals surface area (Å²) in [6, 6.07) is 0. The summed E-state index contributed by atoms with van der Waals surface area (Å²) in [5, 5.41) is 8.28. The highest BCUT2D eigenvalue weighted by Crippen LogP contribution is 1.89. The molecule has 0 spiro atoms. The van der Waals surface area contributed by atoms with Crippen molar-refractivity contribution in [3.05, 3.63) is 0 Å². The van der Waals surface area contributed by atoms with Crippen molar-refractivity contribution < 1.29 is 9.77 Å². The molecule has 0 radical (unpaired) electrons. The van der Waals surface area contributed by atoms with E-state index in [1.54, 1.807) is 13.8 Å². The van der Waals surface area contributed by atoms with E-state index in [2.05, 4.69) is 11.9 Å². The SMILES string of the molecule is CC(C)(N)CO.OCl. The molecule has 8 heavy (non-hydrogen) atoms. The van der Waals surface area contributed by atoms with Gasteiger partial charge >= 0.3 is 0 Å². The summed E-state index contributed by atoms with van der Waals surface area (Å²) in [6.07, 6.45) is 0. The molecule has 52 valence electrons. The Morgan fingerprint density at radius 1 is 1.50 bits per heavy atom. The molecule has 0 aromatic carbocycles. The molecule has 0 fully saturated rings. The van der Waals surface area contributed by atoms with Gasteiger partial charge in [0.1, 0.15) is 0 Å². The molecule has 0 rings (SSSR count). The lowest BCUT2D eigenvalue weighted by atomic mass is 10.1. The topological polar surface area (TPSA) is 66.5 Å². The van der Waals surface area contributed by atoms with Crippen LogP contribution in [0.4, 0.5) is 0 Å². The number of nitrogens with two attached hydrogens (primary N) is 1. The predicted molar refractivity (Wildman–Crippen MR) is 33.4 cm³/mol. The van der Waals surface area contributed by atoms with Gasteiger partial charge in [-0.25, -0.2) is 0 Å². The molecule has 4 N–H and O–H groups in total. The van der Waals surface area contributed by atoms with E-state index in [0.717, 1.165) is 0 Å². The van der Waals surface area contributed by atoms with E-state index in [4.69, 9.17) is 15.5 Å². The van der Waals surface area contributed by atoms with Crippen LogP contribution in [0.15, 0.2) is 0 Å². The van der Waals surface area contributed by atoms with Gasteiger partial charge in [-0.3, -0.25) is 4.66 Å². The van der Waals surface area contributed by atoms with E-state index in [-0.39, 0.29) is 6.61 Å². The average molecular weight is 142 g/mol. The van der Waals surface area contributed by atoms with Crippen molar-refractivity contribution in [2.45, 2.75) is 19.4 Å². The van der Waals surface area contributed by atoms with Gasteiger partial charge in [-0.1, -0.05) is 0 Å². The second-order valence-corrected chi connectivity index (χ2v) is 2.15. The van der Waals surface area contributed by atoms with Crippen LogP contribution in [0, 0.1) is 0 Å². The van der Waals surface area contributed by atoms with Crippen LogP contribution in [0.3, 0.4) is 0 Å². The standard InChI is InChI=1S/C4H11NO.ClHO/c1-4(2,5)3-6;1-2/h6H,3,5H2,1-2H3;2H. The first-order valence-electron chi connectivity index (χ1n) is 2.13. The Balaban J connectivity index is 0. The van der Waals surface area contributed by atoms with Crippen molar-refractivity contribution >= 4 is 11.9 Å². The van der Waals surface area contributed by atoms with Gasteiger partial charge in [-0.05, 0) is 13.8 Å². The van der Waals surface area contributed by atoms with Gasteiger partial charge in [0.05, 0.1) is 18.5 Å². The van der Waals surface area contributed by atoms with Crippen LogP contribution in [-0.4, -0.2) is 21.9 Å². The average Bonchev–Trinajstić information content (AvgIpc) is 1.71. The van der Waals surface area contributed by atoms with E-state index in [1.165, 1.54) is 0 Å². The summed E-state index contributed by atoms with van der Waals surface area (Å²) in [5.41, 5.74) is 4.88. The molecule has 0 heterocycles. The molecule has 0 bridgehead atoms. The molecular formula is C4H12ClNO2. The Labute approximate surface area is 54.2 Å². The van der Waals surface area contributed by atoms with Crippen molar-refractivity contribution in [1.82, 2.24) is 0 Å². The van der Waals surface area contributed by atoms with Gasteiger partial charge in [0.2, 0.25) is 0 Å². The van der Waals surface area contributed by atoms with Gasteiger partial charge in [0.15, 0.2) is 0 Å². The quantitative estimate of drug-likeness (QED) is 0.476. The summed E-state index contributed by atoms with van der Waals surface area (Å²) >= 11 is 3.64. The van der Waals surface area contributed by atoms with Crippen LogP contribution in [0.2, 0.25) is 0 Å². The molecule has 0 aliphatic rings. The van der Waals surface area contributed by atoms with E-state index in [0.29, 0.717) is 0 Å². The zero-order valence-corrected chi connectivity index (χ0v) is 5.81. The van der Waals surface area contributed by atoms with Gasteiger partial charge in [0.25, 0.3) is 0 Å². The molecule has 0 aliphatic carbocycles. The highest BCUT2D eigenvalue weighted by atomic mass is 35.5. The third-order valence-corrected chi connectivity index (χ3v) is 0.408. The second-order valence-electron chi connectivity index (χ2n) is 2.15. The first-order valence-corrected chi connectivity index (χ1v) is 2.47. The summed E-state index contributed by atoms with van der Waals surface area (Å²) in [5.74, 6) is 0. The lowest BCUT2D eigenvalue weighted by molar-refractivity contribution is 0.221. The minimum absolute atomic E-state index is 0.0486. The van der Waals surface area contributed by atoms with Crippen LogP contribution in [-0.2, 0) is 0 Å². The minimum Gasteiger partial charge on any atom is -0.394 e. The first-order chi connectivity index (χ1) is 3.56. The molecule has 0 atom stereocenters. The number of hydrogen-bond acceptors (Lipinski definition) is 3. The third kappa shape index (κ3) is 16.4. The maximum atomic E-state index is 8.28. The van der Waals surface area contributed by atoms with Gasteiger partial charge in [-0.2, -0.15) is 0 Å². The summed E-state index contributed by atoms with van der Waals surface area (Å²) in [7, 11) is 0. The Morgan fingerprint density at radius 3 is 1.62 bits per heavy atom. The van der Waals surface area contributed by atoms with Gasteiger partial charge in [0, 0.05) is 5.54 Å². The van der Waals surface area contributed by atoms with Crippen molar-refractivity contribution in [2.75, 3.05) is 6.61 Å². The van der Waals surface area contributed by atoms with Crippen LogP contribution in [0.25, 0.3) is 0 Å². The maximum absolute atomic E-state index is 8.28. The zero-order chi connectivity index (χ0) is 7.21. The summed E-state index contributed by atoms with van der Waals surface area (Å²) in [4.78, 5) is 0. The maximum Gasteiger partial charge on any atom is 0.0605 e. The van der Waals surface area contributed by atoms with E-state index in [1.807, 2.05) is 0 Å². The summed E-state index contributed by atoms with van der Waals surface area (Å²) in [6.45, 7) is 3.59. The van der Waals surface area contributed by atoms with Crippen molar-refractivity contribution in [3.8, 4) is 0 Å². The molecular weight excluding hydrogens is 130 g/mol. The molecule has 0 unspecified atom stereocenters. The number of rotatable bonds is 1. The highest BCUT2D eigenvalue weighted by Gasteiger charge is 2.05. The number of halogens is 1. The smallest absolute Gasteiger partial charge is 0.0605 e. The van der Waals surface area contributed by atoms with Gasteiger partial charge in [-0.15, -0.1) is 0 Å². The lowest BCUT2D eigenvalue weighted by Crippen LogP contribution is -2.35. The lowest BCUT2D eigenvalue weighted by Gasteiger charge is -2.12. The second kappa shape index (κ2) is 5.31. The third-order valence-electron chi connectivity index (χ3n) is 0.408. The minimum atomic E-state index is -0.403. The molecule has 4 heteroatoms. The van der Waals surface area contributed by atoms with Crippen molar-refractivity contribution in [3.63, 3.8) is 0 Å². The Kier molecular flexibility index (Phi) is 7.32. The number of aliphatic hydroxyl groups is 1. The fraction of sp³-hybridized carbons (Fsp3) is 1.00. The van der Waals surface area contributed by atoms with E-state index < -0.39 is 5.54 Å². The Bertz CT molecular complexity index is 43.8. The van der Waals surface area contributed by atoms with E-state index in [9.17, 15) is 0 Å². The van der Waals surface area contributed by atoms with Crippen LogP contribution < -0.4 is 5.73 Å². The molecule has 0 aliphatic heterocycles. The molecule has 3 nitrogen and oxygen atoms in total. The summed E-state index contributed by atoms with van der Waals surface area (Å²) < 4.78 is 6.47. The van der Waals surface area contributed by atoms with Crippen molar-refractivity contribution in [1.29, 1.82) is 0 Å². The fourth-order valence-electron chi connectivity index (χ4n) is 0. The molecule has 0 saturated heterocycles. The zero-order valence-electron chi connectivity index (χ0n) is 5.06.